The molecule has 0 bridgehead atoms. The third-order valence-electron chi connectivity index (χ3n) is 10.3. The van der Waals surface area contributed by atoms with E-state index >= 15 is 0 Å². The van der Waals surface area contributed by atoms with E-state index in [4.69, 9.17) is 0 Å². The first-order chi connectivity index (χ1) is 22.7. The molecular weight excluding hydrogens is 566 g/mol. The molecular formula is C42H87NO3. The van der Waals surface area contributed by atoms with E-state index in [0.29, 0.717) is 6.42 Å². The molecule has 0 aromatic carbocycles. The standard InChI is InChI=1S/C42H87NO3/c1-3-5-7-9-11-13-15-17-18-19-20-21-22-23-24-25-26-28-30-32-34-36-38-43-40(39-44)42(46)41(45)37-35-33-31-29-27-16-14-12-10-8-6-4-2/h40-46H,3-39H2,1-2H3/t40-,41+,42-/m0/s1. The van der Waals surface area contributed by atoms with E-state index in [2.05, 4.69) is 19.2 Å². The van der Waals surface area contributed by atoms with E-state index < -0.39 is 18.2 Å². The molecule has 0 spiro atoms. The lowest BCUT2D eigenvalue weighted by molar-refractivity contribution is -0.0210. The van der Waals surface area contributed by atoms with Crippen LogP contribution in [-0.4, -0.2) is 46.7 Å². The maximum absolute atomic E-state index is 10.6. The molecule has 0 aromatic heterocycles. The highest BCUT2D eigenvalue weighted by Gasteiger charge is 2.24. The van der Waals surface area contributed by atoms with Crippen molar-refractivity contribution in [1.82, 2.24) is 5.32 Å². The second kappa shape index (κ2) is 39.3. The predicted molar refractivity (Wildman–Crippen MR) is 204 cm³/mol. The van der Waals surface area contributed by atoms with Crippen LogP contribution in [0.15, 0.2) is 0 Å². The van der Waals surface area contributed by atoms with E-state index in [1.807, 2.05) is 0 Å². The van der Waals surface area contributed by atoms with Gasteiger partial charge in [0.2, 0.25) is 0 Å². The SMILES string of the molecule is CCCCCCCCCCCCCCCCCCCCCCCCN[C@@H](CO)[C@H](O)[C@H](O)CCCCCCCCCCCCCC. The Labute approximate surface area is 290 Å². The fourth-order valence-electron chi connectivity index (χ4n) is 6.95. The molecule has 0 heterocycles. The van der Waals surface area contributed by atoms with Gasteiger partial charge in [0, 0.05) is 0 Å². The van der Waals surface area contributed by atoms with Crippen molar-refractivity contribution in [3.8, 4) is 0 Å². The fourth-order valence-corrected chi connectivity index (χ4v) is 6.95. The molecule has 0 aliphatic heterocycles. The largest absolute Gasteiger partial charge is 0.395 e. The summed E-state index contributed by atoms with van der Waals surface area (Å²) in [5, 5.41) is 34.1. The molecule has 0 saturated carbocycles. The zero-order valence-electron chi connectivity index (χ0n) is 31.7. The molecule has 0 aliphatic carbocycles. The Hall–Kier alpha value is -0.160. The van der Waals surface area contributed by atoms with E-state index in [9.17, 15) is 15.3 Å². The minimum Gasteiger partial charge on any atom is -0.395 e. The van der Waals surface area contributed by atoms with Gasteiger partial charge in [0.05, 0.1) is 24.9 Å². The van der Waals surface area contributed by atoms with Gasteiger partial charge in [-0.2, -0.15) is 0 Å². The average molecular weight is 654 g/mol. The smallest absolute Gasteiger partial charge is 0.0973 e. The van der Waals surface area contributed by atoms with Crippen molar-refractivity contribution in [3.05, 3.63) is 0 Å². The second-order valence-electron chi connectivity index (χ2n) is 14.9. The van der Waals surface area contributed by atoms with Gasteiger partial charge >= 0.3 is 0 Å². The normalized spacial score (nSPS) is 13.8. The van der Waals surface area contributed by atoms with Crippen LogP contribution >= 0.6 is 0 Å². The van der Waals surface area contributed by atoms with Gasteiger partial charge in [-0.05, 0) is 19.4 Å². The topological polar surface area (TPSA) is 72.7 Å². The molecule has 46 heavy (non-hydrogen) atoms. The lowest BCUT2D eigenvalue weighted by atomic mass is 9.99. The third kappa shape index (κ3) is 33.7. The third-order valence-corrected chi connectivity index (χ3v) is 10.3. The fraction of sp³-hybridized carbons (Fsp3) is 1.00. The van der Waals surface area contributed by atoms with Crippen molar-refractivity contribution >= 4 is 0 Å². The first-order valence-electron chi connectivity index (χ1n) is 21.4. The zero-order valence-corrected chi connectivity index (χ0v) is 31.7. The molecule has 0 amide bonds. The number of hydrogen-bond donors (Lipinski definition) is 4. The molecule has 3 atom stereocenters. The highest BCUT2D eigenvalue weighted by atomic mass is 16.3. The molecule has 0 aromatic rings. The van der Waals surface area contributed by atoms with Gasteiger partial charge in [-0.1, -0.05) is 226 Å². The van der Waals surface area contributed by atoms with Gasteiger partial charge in [0.25, 0.3) is 0 Å². The van der Waals surface area contributed by atoms with E-state index in [1.54, 1.807) is 0 Å². The Bertz CT molecular complexity index is 545. The summed E-state index contributed by atoms with van der Waals surface area (Å²) in [6.45, 7) is 5.23. The molecule has 0 aliphatic rings. The van der Waals surface area contributed by atoms with Crippen LogP contribution in [0, 0.1) is 0 Å². The monoisotopic (exact) mass is 654 g/mol. The summed E-state index contributed by atoms with van der Waals surface area (Å²) in [5.74, 6) is 0. The van der Waals surface area contributed by atoms with Crippen molar-refractivity contribution in [2.45, 2.75) is 257 Å². The minimum absolute atomic E-state index is 0.129. The Kier molecular flexibility index (Phi) is 39.1. The Morgan fingerprint density at radius 1 is 0.370 bits per heavy atom. The van der Waals surface area contributed by atoms with Crippen LogP contribution in [-0.2, 0) is 0 Å². The average Bonchev–Trinajstić information content (AvgIpc) is 3.07. The van der Waals surface area contributed by atoms with Gasteiger partial charge in [-0.15, -0.1) is 0 Å². The first kappa shape index (κ1) is 45.8. The molecule has 0 fully saturated rings. The Morgan fingerprint density at radius 2 is 0.630 bits per heavy atom. The van der Waals surface area contributed by atoms with Gasteiger partial charge in [-0.25, -0.2) is 0 Å². The van der Waals surface area contributed by atoms with Crippen LogP contribution in [0.25, 0.3) is 0 Å². The lowest BCUT2D eigenvalue weighted by Crippen LogP contribution is -2.48. The van der Waals surface area contributed by atoms with Crippen LogP contribution in [0.3, 0.4) is 0 Å². The predicted octanol–water partition coefficient (Wildman–Crippen LogP) is 12.4. The van der Waals surface area contributed by atoms with Crippen LogP contribution in [0.5, 0.6) is 0 Å². The highest BCUT2D eigenvalue weighted by molar-refractivity contribution is 4.81. The Morgan fingerprint density at radius 3 is 0.913 bits per heavy atom. The van der Waals surface area contributed by atoms with Crippen molar-refractivity contribution < 1.29 is 15.3 Å². The van der Waals surface area contributed by atoms with Crippen LogP contribution < -0.4 is 5.32 Å². The maximum atomic E-state index is 10.6. The summed E-state index contributed by atoms with van der Waals surface area (Å²) in [5.41, 5.74) is 0. The lowest BCUT2D eigenvalue weighted by Gasteiger charge is -2.26. The van der Waals surface area contributed by atoms with Gasteiger partial charge in [0.15, 0.2) is 0 Å². The van der Waals surface area contributed by atoms with Crippen LogP contribution in [0.2, 0.25) is 0 Å². The molecule has 0 saturated heterocycles. The van der Waals surface area contributed by atoms with Crippen molar-refractivity contribution in [2.24, 2.45) is 0 Å². The van der Waals surface area contributed by atoms with E-state index in [0.717, 1.165) is 25.8 Å². The number of unbranched alkanes of at least 4 members (excludes halogenated alkanes) is 32. The van der Waals surface area contributed by atoms with Crippen LogP contribution in [0.1, 0.15) is 239 Å². The zero-order chi connectivity index (χ0) is 33.6. The summed E-state index contributed by atoms with van der Waals surface area (Å²) in [4.78, 5) is 0. The highest BCUT2D eigenvalue weighted by Crippen LogP contribution is 2.17. The molecule has 4 nitrogen and oxygen atoms in total. The molecule has 4 heteroatoms. The summed E-state index contributed by atoms with van der Waals surface area (Å²) in [6.07, 6.45) is 45.1. The number of aliphatic hydroxyl groups excluding tert-OH is 3. The van der Waals surface area contributed by atoms with Gasteiger partial charge in [-0.3, -0.25) is 0 Å². The number of rotatable bonds is 40. The summed E-state index contributed by atoms with van der Waals surface area (Å²) < 4.78 is 0. The van der Waals surface area contributed by atoms with E-state index in [-0.39, 0.29) is 6.61 Å². The quantitative estimate of drug-likeness (QED) is 0.0497. The van der Waals surface area contributed by atoms with Crippen LogP contribution in [0.4, 0.5) is 0 Å². The van der Waals surface area contributed by atoms with E-state index in [1.165, 1.54) is 199 Å². The van der Waals surface area contributed by atoms with Crippen molar-refractivity contribution in [2.75, 3.05) is 13.2 Å². The summed E-state index contributed by atoms with van der Waals surface area (Å²) in [7, 11) is 0. The Balaban J connectivity index is 3.44. The second-order valence-corrected chi connectivity index (χ2v) is 14.9. The maximum Gasteiger partial charge on any atom is 0.0973 e. The molecule has 278 valence electrons. The summed E-state index contributed by atoms with van der Waals surface area (Å²) in [6, 6.07) is -0.428. The molecule has 4 N–H and O–H groups in total. The van der Waals surface area contributed by atoms with Gasteiger partial charge < -0.3 is 20.6 Å². The van der Waals surface area contributed by atoms with Crippen molar-refractivity contribution in [3.63, 3.8) is 0 Å². The van der Waals surface area contributed by atoms with Crippen molar-refractivity contribution in [1.29, 1.82) is 0 Å². The minimum atomic E-state index is -0.891. The number of aliphatic hydroxyl groups is 3. The number of hydrogen-bond acceptors (Lipinski definition) is 4. The van der Waals surface area contributed by atoms with Gasteiger partial charge in [0.1, 0.15) is 0 Å². The summed E-state index contributed by atoms with van der Waals surface area (Å²) >= 11 is 0. The molecule has 0 rings (SSSR count). The molecule has 0 radical (unpaired) electrons. The number of nitrogens with one attached hydrogen (secondary N) is 1. The molecule has 0 unspecified atom stereocenters. The first-order valence-corrected chi connectivity index (χ1v) is 21.4.